The van der Waals surface area contributed by atoms with Gasteiger partial charge >= 0.3 is 0 Å². The summed E-state index contributed by atoms with van der Waals surface area (Å²) < 4.78 is 5.92. The molecule has 3 aliphatic rings. The molecule has 5 rings (SSSR count). The number of allylic oxidation sites excluding steroid dienone is 2. The van der Waals surface area contributed by atoms with Crippen LogP contribution >= 0.6 is 0 Å². The third-order valence-corrected chi connectivity index (χ3v) is 6.53. The van der Waals surface area contributed by atoms with Crippen molar-refractivity contribution in [3.05, 3.63) is 66.2 Å². The summed E-state index contributed by atoms with van der Waals surface area (Å²) in [6.07, 6.45) is 5.16. The Morgan fingerprint density at radius 3 is 2.48 bits per heavy atom. The molecule has 136 valence electrons. The van der Waals surface area contributed by atoms with Crippen LogP contribution in [0.4, 0.5) is 5.69 Å². The van der Waals surface area contributed by atoms with E-state index in [4.69, 9.17) is 4.74 Å². The molecule has 2 fully saturated rings. The van der Waals surface area contributed by atoms with Gasteiger partial charge < -0.3 is 4.74 Å². The lowest BCUT2D eigenvalue weighted by atomic mass is 9.71. The van der Waals surface area contributed by atoms with Crippen molar-refractivity contribution in [1.29, 1.82) is 0 Å². The number of nitrogens with zero attached hydrogens (tertiary/aromatic N) is 1. The van der Waals surface area contributed by atoms with E-state index >= 15 is 0 Å². The molecule has 2 aromatic carbocycles. The minimum absolute atomic E-state index is 0.0630. The predicted octanol–water partition coefficient (Wildman–Crippen LogP) is 4.49. The van der Waals surface area contributed by atoms with Crippen molar-refractivity contribution in [3.8, 4) is 11.5 Å². The third-order valence-electron chi connectivity index (χ3n) is 6.53. The Balaban J connectivity index is 1.42. The Kier molecular flexibility index (Phi) is 3.36. The van der Waals surface area contributed by atoms with E-state index in [9.17, 15) is 9.59 Å². The number of amides is 2. The number of aryl methyl sites for hydroxylation is 1. The van der Waals surface area contributed by atoms with Gasteiger partial charge in [-0.3, -0.25) is 9.59 Å². The quantitative estimate of drug-likeness (QED) is 0.599. The normalized spacial score (nSPS) is 30.9. The van der Waals surface area contributed by atoms with Crippen LogP contribution in [0, 0.1) is 30.1 Å². The van der Waals surface area contributed by atoms with E-state index in [0.29, 0.717) is 11.4 Å². The van der Waals surface area contributed by atoms with Crippen LogP contribution in [-0.2, 0) is 9.59 Å². The molecule has 2 aliphatic carbocycles. The monoisotopic (exact) mass is 359 g/mol. The molecule has 0 unspecified atom stereocenters. The molecule has 0 spiro atoms. The number of fused-ring (bicyclic) bond motifs is 5. The van der Waals surface area contributed by atoms with Crippen molar-refractivity contribution < 1.29 is 14.3 Å². The van der Waals surface area contributed by atoms with Gasteiger partial charge in [0.2, 0.25) is 11.8 Å². The highest BCUT2D eigenvalue weighted by molar-refractivity contribution is 6.24. The molecule has 27 heavy (non-hydrogen) atoms. The van der Waals surface area contributed by atoms with E-state index < -0.39 is 5.41 Å². The van der Waals surface area contributed by atoms with Gasteiger partial charge in [-0.05, 0) is 68.0 Å². The highest BCUT2D eigenvalue weighted by Gasteiger charge is 2.67. The number of hydrogen-bond donors (Lipinski definition) is 0. The first-order valence-electron chi connectivity index (χ1n) is 9.40. The average Bonchev–Trinajstić information content (AvgIpc) is 3.30. The smallest absolute Gasteiger partial charge is 0.241 e. The van der Waals surface area contributed by atoms with Gasteiger partial charge in [0.05, 0.1) is 17.0 Å². The maximum atomic E-state index is 13.2. The van der Waals surface area contributed by atoms with Crippen molar-refractivity contribution >= 4 is 17.5 Å². The van der Waals surface area contributed by atoms with Gasteiger partial charge in [0.15, 0.2) is 0 Å². The molecular weight excluding hydrogens is 338 g/mol. The zero-order valence-corrected chi connectivity index (χ0v) is 15.4. The number of benzene rings is 2. The second kappa shape index (κ2) is 5.56. The fourth-order valence-electron chi connectivity index (χ4n) is 5.01. The zero-order valence-electron chi connectivity index (χ0n) is 15.4. The summed E-state index contributed by atoms with van der Waals surface area (Å²) in [7, 11) is 0. The molecule has 1 aliphatic heterocycles. The van der Waals surface area contributed by atoms with Crippen LogP contribution in [0.15, 0.2) is 60.7 Å². The standard InChI is InChI=1S/C23H21NO3/c1-14-5-3-4-6-19(14)27-18-11-9-17(10-12-18)24-21(25)20-15-7-8-16(13-15)23(20,2)22(24)26/h3-12,15-16,20H,13H2,1-2H3/t15-,16-,20-,23-/m1/s1. The van der Waals surface area contributed by atoms with Crippen LogP contribution in [0.1, 0.15) is 18.9 Å². The van der Waals surface area contributed by atoms with E-state index in [0.717, 1.165) is 17.7 Å². The number of anilines is 1. The predicted molar refractivity (Wildman–Crippen MR) is 103 cm³/mol. The summed E-state index contributed by atoms with van der Waals surface area (Å²) in [6.45, 7) is 3.95. The number of hydrogen-bond acceptors (Lipinski definition) is 3. The van der Waals surface area contributed by atoms with Crippen molar-refractivity contribution in [2.75, 3.05) is 4.90 Å². The molecule has 2 bridgehead atoms. The summed E-state index contributed by atoms with van der Waals surface area (Å²) in [4.78, 5) is 27.6. The highest BCUT2D eigenvalue weighted by Crippen LogP contribution is 2.60. The number of ether oxygens (including phenoxy) is 1. The number of rotatable bonds is 3. The molecule has 0 aromatic heterocycles. The SMILES string of the molecule is Cc1ccccc1Oc1ccc(N2C(=O)[C@H]3[C@@H]4C=C[C@H](C4)[C@@]3(C)C2=O)cc1. The largest absolute Gasteiger partial charge is 0.457 e. The van der Waals surface area contributed by atoms with Crippen LogP contribution in [0.5, 0.6) is 11.5 Å². The fraction of sp³-hybridized carbons (Fsp3) is 0.304. The minimum Gasteiger partial charge on any atom is -0.457 e. The Bertz CT molecular complexity index is 977. The van der Waals surface area contributed by atoms with Gasteiger partial charge in [-0.2, -0.15) is 0 Å². The lowest BCUT2D eigenvalue weighted by Gasteiger charge is -2.28. The Morgan fingerprint density at radius 1 is 1.04 bits per heavy atom. The zero-order chi connectivity index (χ0) is 18.8. The van der Waals surface area contributed by atoms with Crippen molar-refractivity contribution in [2.24, 2.45) is 23.2 Å². The summed E-state index contributed by atoms with van der Waals surface area (Å²) >= 11 is 0. The van der Waals surface area contributed by atoms with Crippen molar-refractivity contribution in [3.63, 3.8) is 0 Å². The molecule has 2 amide bonds. The molecule has 1 saturated heterocycles. The van der Waals surface area contributed by atoms with E-state index in [1.54, 1.807) is 12.1 Å². The van der Waals surface area contributed by atoms with Gasteiger partial charge in [0, 0.05) is 0 Å². The van der Waals surface area contributed by atoms with Crippen LogP contribution in [0.3, 0.4) is 0 Å². The van der Waals surface area contributed by atoms with Crippen molar-refractivity contribution in [2.45, 2.75) is 20.3 Å². The summed E-state index contributed by atoms with van der Waals surface area (Å²) in [5, 5.41) is 0. The molecule has 4 atom stereocenters. The number of carbonyl (C=O) groups excluding carboxylic acids is 2. The molecule has 2 aromatic rings. The highest BCUT2D eigenvalue weighted by atomic mass is 16.5. The number of imide groups is 1. The minimum atomic E-state index is -0.590. The Labute approximate surface area is 158 Å². The topological polar surface area (TPSA) is 46.6 Å². The van der Waals surface area contributed by atoms with E-state index in [-0.39, 0.29) is 29.6 Å². The van der Waals surface area contributed by atoms with Crippen LogP contribution < -0.4 is 9.64 Å². The van der Waals surface area contributed by atoms with E-state index in [1.165, 1.54) is 4.90 Å². The number of para-hydroxylation sites is 1. The van der Waals surface area contributed by atoms with Gasteiger partial charge in [-0.25, -0.2) is 4.90 Å². The van der Waals surface area contributed by atoms with Crippen LogP contribution in [0.2, 0.25) is 0 Å². The lowest BCUT2D eigenvalue weighted by Crippen LogP contribution is -2.37. The molecular formula is C23H21NO3. The molecule has 1 saturated carbocycles. The van der Waals surface area contributed by atoms with Gasteiger partial charge in [-0.1, -0.05) is 30.4 Å². The molecule has 4 nitrogen and oxygen atoms in total. The van der Waals surface area contributed by atoms with Gasteiger partial charge in [-0.15, -0.1) is 0 Å². The van der Waals surface area contributed by atoms with Crippen LogP contribution in [0.25, 0.3) is 0 Å². The maximum Gasteiger partial charge on any atom is 0.241 e. The Morgan fingerprint density at radius 2 is 1.78 bits per heavy atom. The summed E-state index contributed by atoms with van der Waals surface area (Å²) in [6, 6.07) is 15.0. The van der Waals surface area contributed by atoms with E-state index in [2.05, 4.69) is 12.2 Å². The van der Waals surface area contributed by atoms with Crippen molar-refractivity contribution in [1.82, 2.24) is 0 Å². The van der Waals surface area contributed by atoms with Crippen LogP contribution in [-0.4, -0.2) is 11.8 Å². The Hall–Kier alpha value is -2.88. The third kappa shape index (κ3) is 2.16. The average molecular weight is 359 g/mol. The molecule has 4 heteroatoms. The van der Waals surface area contributed by atoms with Gasteiger partial charge in [0.1, 0.15) is 11.5 Å². The summed E-state index contributed by atoms with van der Waals surface area (Å²) in [5.41, 5.74) is 1.08. The van der Waals surface area contributed by atoms with Gasteiger partial charge in [0.25, 0.3) is 0 Å². The summed E-state index contributed by atoms with van der Waals surface area (Å²) in [5.74, 6) is 1.50. The lowest BCUT2D eigenvalue weighted by molar-refractivity contribution is -0.127. The number of carbonyl (C=O) groups is 2. The fourth-order valence-corrected chi connectivity index (χ4v) is 5.01. The molecule has 0 radical (unpaired) electrons. The second-order valence-corrected chi connectivity index (χ2v) is 7.99. The molecule has 1 heterocycles. The maximum absolute atomic E-state index is 13.2. The van der Waals surface area contributed by atoms with E-state index in [1.807, 2.05) is 50.2 Å². The first-order chi connectivity index (χ1) is 13.0. The molecule has 0 N–H and O–H groups in total. The first kappa shape index (κ1) is 16.3. The first-order valence-corrected chi connectivity index (χ1v) is 9.40. The second-order valence-electron chi connectivity index (χ2n) is 7.99.